The van der Waals surface area contributed by atoms with Gasteiger partial charge in [0.1, 0.15) is 5.78 Å². The summed E-state index contributed by atoms with van der Waals surface area (Å²) in [5, 5.41) is 0. The SMILES string of the molecule is Nc1ccccc1N1C(=O)[C@@H]2[C@H](C1=O)[C@H]1C(=O)C[C@H]2c2ccccc21. The van der Waals surface area contributed by atoms with Crippen molar-refractivity contribution in [3.63, 3.8) is 0 Å². The first-order valence-corrected chi connectivity index (χ1v) is 8.43. The molecule has 4 atom stereocenters. The molecule has 1 aliphatic heterocycles. The highest BCUT2D eigenvalue weighted by atomic mass is 16.2. The van der Waals surface area contributed by atoms with Gasteiger partial charge in [-0.2, -0.15) is 0 Å². The van der Waals surface area contributed by atoms with Crippen LogP contribution in [0.25, 0.3) is 0 Å². The van der Waals surface area contributed by atoms with Crippen LogP contribution in [0.5, 0.6) is 0 Å². The van der Waals surface area contributed by atoms with Crippen LogP contribution in [0.2, 0.25) is 0 Å². The summed E-state index contributed by atoms with van der Waals surface area (Å²) in [6, 6.07) is 14.6. The summed E-state index contributed by atoms with van der Waals surface area (Å²) in [6.07, 6.45) is 0.333. The first-order valence-electron chi connectivity index (χ1n) is 8.43. The Labute approximate surface area is 144 Å². The Bertz CT molecular complexity index is 951. The number of nitrogens with zero attached hydrogens (tertiary/aromatic N) is 1. The molecule has 124 valence electrons. The molecule has 2 N–H and O–H groups in total. The van der Waals surface area contributed by atoms with E-state index in [0.717, 1.165) is 11.1 Å². The number of nitrogen functional groups attached to an aromatic ring is 1. The van der Waals surface area contributed by atoms with Crippen molar-refractivity contribution in [2.24, 2.45) is 11.8 Å². The lowest BCUT2D eigenvalue weighted by Crippen LogP contribution is -2.44. The molecule has 1 saturated heterocycles. The molecule has 5 nitrogen and oxygen atoms in total. The second-order valence-corrected chi connectivity index (χ2v) is 7.01. The number of fused-ring (bicyclic) bond motifs is 1. The summed E-state index contributed by atoms with van der Waals surface area (Å²) < 4.78 is 0. The zero-order valence-corrected chi connectivity index (χ0v) is 13.4. The Morgan fingerprint density at radius 3 is 2.24 bits per heavy atom. The van der Waals surface area contributed by atoms with Crippen LogP contribution in [-0.4, -0.2) is 17.6 Å². The van der Waals surface area contributed by atoms with Gasteiger partial charge in [0.15, 0.2) is 0 Å². The minimum absolute atomic E-state index is 0.0639. The third kappa shape index (κ3) is 1.70. The largest absolute Gasteiger partial charge is 0.397 e. The summed E-state index contributed by atoms with van der Waals surface area (Å²) in [6.45, 7) is 0. The van der Waals surface area contributed by atoms with Crippen molar-refractivity contribution in [2.75, 3.05) is 10.6 Å². The quantitative estimate of drug-likeness (QED) is 0.641. The van der Waals surface area contributed by atoms with E-state index in [1.165, 1.54) is 4.90 Å². The number of para-hydroxylation sites is 2. The van der Waals surface area contributed by atoms with Gasteiger partial charge >= 0.3 is 0 Å². The van der Waals surface area contributed by atoms with Crippen LogP contribution in [0, 0.1) is 11.8 Å². The molecule has 25 heavy (non-hydrogen) atoms. The van der Waals surface area contributed by atoms with E-state index >= 15 is 0 Å². The number of nitrogens with two attached hydrogens (primary N) is 1. The van der Waals surface area contributed by atoms with Crippen molar-refractivity contribution in [3.05, 3.63) is 59.7 Å². The summed E-state index contributed by atoms with van der Waals surface area (Å²) in [5.74, 6) is -2.27. The zero-order chi connectivity index (χ0) is 17.3. The fourth-order valence-corrected chi connectivity index (χ4v) is 4.89. The molecule has 6 rings (SSSR count). The van der Waals surface area contributed by atoms with E-state index < -0.39 is 17.8 Å². The summed E-state index contributed by atoms with van der Waals surface area (Å²) in [5.41, 5.74) is 8.76. The first kappa shape index (κ1) is 14.4. The van der Waals surface area contributed by atoms with Gasteiger partial charge in [-0.3, -0.25) is 14.4 Å². The van der Waals surface area contributed by atoms with Crippen LogP contribution >= 0.6 is 0 Å². The van der Waals surface area contributed by atoms with E-state index in [-0.39, 0.29) is 23.5 Å². The van der Waals surface area contributed by atoms with Gasteiger partial charge in [-0.25, -0.2) is 4.90 Å². The topological polar surface area (TPSA) is 80.5 Å². The van der Waals surface area contributed by atoms with Gasteiger partial charge in [0, 0.05) is 12.3 Å². The molecule has 2 aromatic rings. The lowest BCUT2D eigenvalue weighted by molar-refractivity contribution is -0.134. The standard InChI is InChI=1S/C20H16N2O3/c21-13-7-3-4-8-14(13)22-19(24)17-12-9-15(23)16(18(17)20(22)25)11-6-2-1-5-10(11)12/h1-8,12,16-18H,9,21H2/t12-,16+,17-,18+/m0/s1. The van der Waals surface area contributed by atoms with Gasteiger partial charge in [-0.1, -0.05) is 36.4 Å². The highest BCUT2D eigenvalue weighted by molar-refractivity contribution is 6.25. The highest BCUT2D eigenvalue weighted by Crippen LogP contribution is 2.57. The van der Waals surface area contributed by atoms with Gasteiger partial charge in [0.2, 0.25) is 11.8 Å². The fourth-order valence-electron chi connectivity index (χ4n) is 4.89. The number of imide groups is 1. The van der Waals surface area contributed by atoms with Crippen molar-refractivity contribution in [2.45, 2.75) is 18.3 Å². The number of hydrogen-bond acceptors (Lipinski definition) is 4. The molecule has 3 aliphatic carbocycles. The van der Waals surface area contributed by atoms with Crippen LogP contribution in [0.1, 0.15) is 29.4 Å². The van der Waals surface area contributed by atoms with Crippen LogP contribution in [0.3, 0.4) is 0 Å². The number of carbonyl (C=O) groups is 3. The minimum Gasteiger partial charge on any atom is -0.397 e. The number of amides is 2. The van der Waals surface area contributed by atoms with Gasteiger partial charge in [0.25, 0.3) is 0 Å². The Morgan fingerprint density at radius 2 is 1.48 bits per heavy atom. The maximum absolute atomic E-state index is 13.1. The average Bonchev–Trinajstić information content (AvgIpc) is 2.88. The fraction of sp³-hybridized carbons (Fsp3) is 0.250. The van der Waals surface area contributed by atoms with E-state index in [1.54, 1.807) is 24.3 Å². The summed E-state index contributed by atoms with van der Waals surface area (Å²) in [4.78, 5) is 40.1. The highest BCUT2D eigenvalue weighted by Gasteiger charge is 2.62. The van der Waals surface area contributed by atoms with Crippen LogP contribution in [-0.2, 0) is 14.4 Å². The number of carbonyl (C=O) groups excluding carboxylic acids is 3. The maximum atomic E-state index is 13.1. The molecular formula is C20H16N2O3. The number of Topliss-reactive ketones (excluding diaryl/α,β-unsaturated/α-hetero) is 1. The first-order chi connectivity index (χ1) is 12.1. The molecule has 2 bridgehead atoms. The van der Waals surface area contributed by atoms with Crippen molar-refractivity contribution in [3.8, 4) is 0 Å². The molecule has 0 unspecified atom stereocenters. The van der Waals surface area contributed by atoms with E-state index in [4.69, 9.17) is 5.73 Å². The molecule has 1 heterocycles. The third-order valence-electron chi connectivity index (χ3n) is 5.87. The van der Waals surface area contributed by atoms with Gasteiger partial charge < -0.3 is 5.73 Å². The predicted molar refractivity (Wildman–Crippen MR) is 91.9 cm³/mol. The molecule has 5 heteroatoms. The predicted octanol–water partition coefficient (Wildman–Crippen LogP) is 2.23. The number of anilines is 2. The molecule has 1 saturated carbocycles. The van der Waals surface area contributed by atoms with Gasteiger partial charge in [-0.05, 0) is 23.3 Å². The zero-order valence-electron chi connectivity index (χ0n) is 13.4. The Morgan fingerprint density at radius 1 is 0.840 bits per heavy atom. The molecule has 0 spiro atoms. The molecule has 4 aliphatic rings. The smallest absolute Gasteiger partial charge is 0.238 e. The third-order valence-corrected chi connectivity index (χ3v) is 5.87. The number of benzene rings is 2. The average molecular weight is 332 g/mol. The molecule has 2 amide bonds. The van der Waals surface area contributed by atoms with E-state index in [0.29, 0.717) is 17.8 Å². The second kappa shape index (κ2) is 4.79. The number of ketones is 1. The Kier molecular flexibility index (Phi) is 2.76. The Hall–Kier alpha value is -2.95. The molecule has 2 aromatic carbocycles. The monoisotopic (exact) mass is 332 g/mol. The molecular weight excluding hydrogens is 316 g/mol. The normalized spacial score (nSPS) is 29.8. The van der Waals surface area contributed by atoms with Crippen molar-refractivity contribution in [1.82, 2.24) is 0 Å². The van der Waals surface area contributed by atoms with Gasteiger partial charge in [-0.15, -0.1) is 0 Å². The minimum atomic E-state index is -0.603. The van der Waals surface area contributed by atoms with Crippen LogP contribution < -0.4 is 10.6 Å². The second-order valence-electron chi connectivity index (χ2n) is 7.01. The van der Waals surface area contributed by atoms with E-state index in [2.05, 4.69) is 0 Å². The van der Waals surface area contributed by atoms with E-state index in [1.807, 2.05) is 24.3 Å². The van der Waals surface area contributed by atoms with Crippen molar-refractivity contribution < 1.29 is 14.4 Å². The summed E-state index contributed by atoms with van der Waals surface area (Å²) >= 11 is 0. The summed E-state index contributed by atoms with van der Waals surface area (Å²) in [7, 11) is 0. The lowest BCUT2D eigenvalue weighted by Gasteiger charge is -2.43. The van der Waals surface area contributed by atoms with Crippen LogP contribution in [0.15, 0.2) is 48.5 Å². The van der Waals surface area contributed by atoms with Gasteiger partial charge in [0.05, 0.1) is 29.1 Å². The van der Waals surface area contributed by atoms with E-state index in [9.17, 15) is 14.4 Å². The van der Waals surface area contributed by atoms with Crippen molar-refractivity contribution in [1.29, 1.82) is 0 Å². The molecule has 0 aromatic heterocycles. The number of rotatable bonds is 1. The van der Waals surface area contributed by atoms with Crippen LogP contribution in [0.4, 0.5) is 11.4 Å². The number of hydrogen-bond donors (Lipinski definition) is 1. The molecule has 2 fully saturated rings. The Balaban J connectivity index is 1.68. The van der Waals surface area contributed by atoms with Crippen molar-refractivity contribution >= 4 is 29.0 Å². The maximum Gasteiger partial charge on any atom is 0.238 e. The molecule has 0 radical (unpaired) electrons. The lowest BCUT2D eigenvalue weighted by atomic mass is 9.56.